The van der Waals surface area contributed by atoms with Gasteiger partial charge in [0.2, 0.25) is 0 Å². The Morgan fingerprint density at radius 1 is 0.697 bits per heavy atom. The standard InChI is InChI=1S/C18H38.C13H18O2/c1-3-5-7-9-11-13-15-17-18-16-14-12-10-8-6-4-2;1-13(2,3)11-9-10(5-4-8-14)6-7-12(11)15/h3-18H2,1-2H3;6-9,15H,4-5H2,1-3H3. The minimum absolute atomic E-state index is 0.0682. The number of hydrogen-bond acceptors (Lipinski definition) is 2. The van der Waals surface area contributed by atoms with Gasteiger partial charge < -0.3 is 9.90 Å². The van der Waals surface area contributed by atoms with Crippen LogP contribution in [-0.4, -0.2) is 11.4 Å². The van der Waals surface area contributed by atoms with E-state index in [1.807, 2.05) is 12.1 Å². The summed E-state index contributed by atoms with van der Waals surface area (Å²) in [6, 6.07) is 5.56. The number of carbonyl (C=O) groups excluding carboxylic acids is 1. The van der Waals surface area contributed by atoms with Crippen LogP contribution in [0.15, 0.2) is 18.2 Å². The number of phenolic OH excluding ortho intramolecular Hbond substituents is 1. The molecule has 2 nitrogen and oxygen atoms in total. The second-order valence-electron chi connectivity index (χ2n) is 10.8. The summed E-state index contributed by atoms with van der Waals surface area (Å²) in [6.45, 7) is 10.8. The monoisotopic (exact) mass is 460 g/mol. The van der Waals surface area contributed by atoms with Crippen LogP contribution in [0.3, 0.4) is 0 Å². The number of unbranched alkanes of at least 4 members (excludes halogenated alkanes) is 15. The number of rotatable bonds is 18. The fraction of sp³-hybridized carbons (Fsp3) is 0.774. The van der Waals surface area contributed by atoms with E-state index in [-0.39, 0.29) is 5.41 Å². The minimum atomic E-state index is -0.0682. The zero-order valence-corrected chi connectivity index (χ0v) is 22.9. The number of phenols is 1. The number of aldehydes is 1. The Morgan fingerprint density at radius 3 is 1.42 bits per heavy atom. The lowest BCUT2D eigenvalue weighted by atomic mass is 9.85. The van der Waals surface area contributed by atoms with Crippen molar-refractivity contribution < 1.29 is 9.90 Å². The van der Waals surface area contributed by atoms with Gasteiger partial charge in [-0.15, -0.1) is 0 Å². The summed E-state index contributed by atoms with van der Waals surface area (Å²) in [5.74, 6) is 0.331. The molecule has 0 bridgehead atoms. The molecule has 0 atom stereocenters. The number of hydrogen-bond donors (Lipinski definition) is 1. The van der Waals surface area contributed by atoms with Crippen molar-refractivity contribution in [1.82, 2.24) is 0 Å². The van der Waals surface area contributed by atoms with Gasteiger partial charge in [-0.2, -0.15) is 0 Å². The highest BCUT2D eigenvalue weighted by molar-refractivity contribution is 5.50. The molecular formula is C31H56O2. The van der Waals surface area contributed by atoms with Crippen molar-refractivity contribution in [1.29, 1.82) is 0 Å². The molecule has 1 N–H and O–H groups in total. The Labute approximate surface area is 207 Å². The molecule has 0 amide bonds. The fourth-order valence-electron chi connectivity index (χ4n) is 4.19. The summed E-state index contributed by atoms with van der Waals surface area (Å²) in [7, 11) is 0. The number of aryl methyl sites for hydroxylation is 1. The zero-order valence-electron chi connectivity index (χ0n) is 22.9. The maximum absolute atomic E-state index is 10.3. The smallest absolute Gasteiger partial charge is 0.120 e. The average Bonchev–Trinajstić information content (AvgIpc) is 2.78. The van der Waals surface area contributed by atoms with E-state index in [2.05, 4.69) is 34.6 Å². The van der Waals surface area contributed by atoms with Crippen LogP contribution < -0.4 is 0 Å². The third kappa shape index (κ3) is 18.8. The Morgan fingerprint density at radius 2 is 1.09 bits per heavy atom. The van der Waals surface area contributed by atoms with Crippen LogP contribution in [0.1, 0.15) is 155 Å². The molecule has 0 saturated carbocycles. The lowest BCUT2D eigenvalue weighted by molar-refractivity contribution is -0.107. The molecule has 0 saturated heterocycles. The molecular weight excluding hydrogens is 404 g/mol. The molecule has 0 aliphatic heterocycles. The Balaban J connectivity index is 0.000000629. The largest absolute Gasteiger partial charge is 0.508 e. The van der Waals surface area contributed by atoms with Crippen molar-refractivity contribution in [3.8, 4) is 5.75 Å². The molecule has 0 spiro atoms. The van der Waals surface area contributed by atoms with Crippen molar-refractivity contribution in [3.63, 3.8) is 0 Å². The summed E-state index contributed by atoms with van der Waals surface area (Å²) in [5.41, 5.74) is 1.97. The van der Waals surface area contributed by atoms with Crippen LogP contribution in [-0.2, 0) is 16.6 Å². The summed E-state index contributed by atoms with van der Waals surface area (Å²) >= 11 is 0. The maximum atomic E-state index is 10.3. The van der Waals surface area contributed by atoms with Crippen molar-refractivity contribution in [2.45, 2.75) is 156 Å². The van der Waals surface area contributed by atoms with E-state index in [1.165, 1.54) is 103 Å². The quantitative estimate of drug-likeness (QED) is 0.175. The van der Waals surface area contributed by atoms with Crippen LogP contribution in [0.4, 0.5) is 0 Å². The molecule has 2 heteroatoms. The molecule has 192 valence electrons. The summed E-state index contributed by atoms with van der Waals surface area (Å²) < 4.78 is 0. The highest BCUT2D eigenvalue weighted by Crippen LogP contribution is 2.31. The van der Waals surface area contributed by atoms with Gasteiger partial charge in [0.05, 0.1) is 0 Å². The Hall–Kier alpha value is -1.31. The number of benzene rings is 1. The first-order valence-corrected chi connectivity index (χ1v) is 14.1. The fourth-order valence-corrected chi connectivity index (χ4v) is 4.19. The number of aromatic hydroxyl groups is 1. The zero-order chi connectivity index (χ0) is 24.8. The van der Waals surface area contributed by atoms with Gasteiger partial charge >= 0.3 is 0 Å². The van der Waals surface area contributed by atoms with E-state index < -0.39 is 0 Å². The van der Waals surface area contributed by atoms with Crippen LogP contribution >= 0.6 is 0 Å². The van der Waals surface area contributed by atoms with Crippen molar-refractivity contribution in [2.75, 3.05) is 0 Å². The molecule has 1 aromatic rings. The van der Waals surface area contributed by atoms with Gasteiger partial charge in [0.25, 0.3) is 0 Å². The molecule has 1 aromatic carbocycles. The third-order valence-electron chi connectivity index (χ3n) is 6.38. The SMILES string of the molecule is CC(C)(C)c1cc(CCC=O)ccc1O.CCCCCCCCCCCCCCCCCC. The van der Waals surface area contributed by atoms with Gasteiger partial charge in [0.15, 0.2) is 0 Å². The lowest BCUT2D eigenvalue weighted by Gasteiger charge is -2.21. The molecule has 0 radical (unpaired) electrons. The molecule has 0 fully saturated rings. The van der Waals surface area contributed by atoms with E-state index >= 15 is 0 Å². The van der Waals surface area contributed by atoms with Crippen LogP contribution in [0.5, 0.6) is 5.75 Å². The molecule has 0 unspecified atom stereocenters. The topological polar surface area (TPSA) is 37.3 Å². The number of carbonyl (C=O) groups is 1. The highest BCUT2D eigenvalue weighted by atomic mass is 16.3. The predicted molar refractivity (Wildman–Crippen MR) is 146 cm³/mol. The first-order chi connectivity index (χ1) is 15.9. The summed E-state index contributed by atoms with van der Waals surface area (Å²) in [6.07, 6.45) is 25.6. The van der Waals surface area contributed by atoms with E-state index in [4.69, 9.17) is 0 Å². The average molecular weight is 461 g/mol. The normalized spacial score (nSPS) is 11.2. The Kier molecular flexibility index (Phi) is 20.4. The molecule has 0 aliphatic rings. The van der Waals surface area contributed by atoms with Crippen LogP contribution in [0, 0.1) is 0 Å². The second kappa shape index (κ2) is 21.2. The van der Waals surface area contributed by atoms with Gasteiger partial charge in [0.1, 0.15) is 12.0 Å². The van der Waals surface area contributed by atoms with Gasteiger partial charge in [-0.3, -0.25) is 0 Å². The molecule has 33 heavy (non-hydrogen) atoms. The van der Waals surface area contributed by atoms with Gasteiger partial charge in [-0.1, -0.05) is 149 Å². The molecule has 0 aliphatic carbocycles. The minimum Gasteiger partial charge on any atom is -0.508 e. The first-order valence-electron chi connectivity index (χ1n) is 14.1. The summed E-state index contributed by atoms with van der Waals surface area (Å²) in [4.78, 5) is 10.3. The predicted octanol–water partition coefficient (Wildman–Crippen LogP) is 10.1. The van der Waals surface area contributed by atoms with Crippen molar-refractivity contribution in [2.24, 2.45) is 0 Å². The van der Waals surface area contributed by atoms with Crippen LogP contribution in [0.2, 0.25) is 0 Å². The molecule has 1 rings (SSSR count). The van der Waals surface area contributed by atoms with E-state index in [0.717, 1.165) is 23.8 Å². The third-order valence-corrected chi connectivity index (χ3v) is 6.38. The first kappa shape index (κ1) is 31.7. The Bertz CT molecular complexity index is 555. The van der Waals surface area contributed by atoms with Crippen molar-refractivity contribution in [3.05, 3.63) is 29.3 Å². The molecule has 0 heterocycles. The van der Waals surface area contributed by atoms with E-state index in [0.29, 0.717) is 12.2 Å². The van der Waals surface area contributed by atoms with Gasteiger partial charge in [-0.05, 0) is 29.0 Å². The second-order valence-corrected chi connectivity index (χ2v) is 10.8. The highest BCUT2D eigenvalue weighted by Gasteiger charge is 2.18. The van der Waals surface area contributed by atoms with E-state index in [9.17, 15) is 9.90 Å². The van der Waals surface area contributed by atoms with Crippen molar-refractivity contribution >= 4 is 6.29 Å². The summed E-state index contributed by atoms with van der Waals surface area (Å²) in [5, 5.41) is 9.73. The van der Waals surface area contributed by atoms with Gasteiger partial charge in [0, 0.05) is 6.42 Å². The maximum Gasteiger partial charge on any atom is 0.120 e. The van der Waals surface area contributed by atoms with E-state index in [1.54, 1.807) is 6.07 Å². The lowest BCUT2D eigenvalue weighted by Crippen LogP contribution is -2.11. The van der Waals surface area contributed by atoms with Crippen LogP contribution in [0.25, 0.3) is 0 Å². The molecule has 0 aromatic heterocycles. The van der Waals surface area contributed by atoms with Gasteiger partial charge in [-0.25, -0.2) is 0 Å².